The number of rotatable bonds is 3. The number of carbonyl (C=O) groups excluding carboxylic acids is 1. The van der Waals surface area contributed by atoms with Crippen molar-refractivity contribution in [3.8, 4) is 0 Å². The van der Waals surface area contributed by atoms with Crippen molar-refractivity contribution in [1.82, 2.24) is 4.98 Å². The van der Waals surface area contributed by atoms with Crippen molar-refractivity contribution in [2.45, 2.75) is 25.9 Å². The molecule has 1 aromatic heterocycles. The monoisotopic (exact) mass is 363 g/mol. The molecule has 0 saturated carbocycles. The Labute approximate surface area is 150 Å². The van der Waals surface area contributed by atoms with E-state index in [1.807, 2.05) is 6.07 Å². The Balaban J connectivity index is 1.78. The van der Waals surface area contributed by atoms with E-state index >= 15 is 0 Å². The lowest BCUT2D eigenvalue weighted by atomic mass is 9.99. The summed E-state index contributed by atoms with van der Waals surface area (Å²) in [6.07, 6.45) is -0.882. The fourth-order valence-electron chi connectivity index (χ4n) is 3.03. The number of piperidine rings is 1. The molecule has 0 spiro atoms. The van der Waals surface area contributed by atoms with E-state index in [0.29, 0.717) is 5.92 Å². The van der Waals surface area contributed by atoms with Gasteiger partial charge in [0.1, 0.15) is 5.69 Å². The summed E-state index contributed by atoms with van der Waals surface area (Å²) in [6, 6.07) is 8.35. The molecule has 26 heavy (non-hydrogen) atoms. The predicted octanol–water partition coefficient (Wildman–Crippen LogP) is 4.59. The van der Waals surface area contributed by atoms with E-state index < -0.39 is 17.6 Å². The standard InChI is InChI=1S/C19H20F3N3O/c1-13-7-10-25(11-8-13)14-6-9-23-17(12-14)18(26)24-16-5-3-2-4-15(16)19(20,21)22/h2-6,9,12-13H,7-8,10-11H2,1H3,(H,24,26). The quantitative estimate of drug-likeness (QED) is 0.868. The van der Waals surface area contributed by atoms with Gasteiger partial charge in [-0.05, 0) is 43.0 Å². The molecule has 1 fully saturated rings. The molecule has 1 saturated heterocycles. The topological polar surface area (TPSA) is 45.2 Å². The van der Waals surface area contributed by atoms with E-state index in [0.717, 1.165) is 37.7 Å². The van der Waals surface area contributed by atoms with Crippen molar-refractivity contribution < 1.29 is 18.0 Å². The normalized spacial score (nSPS) is 15.8. The first-order chi connectivity index (χ1) is 12.3. The summed E-state index contributed by atoms with van der Waals surface area (Å²) in [5.74, 6) is 0.0173. The number of aromatic nitrogens is 1. The number of nitrogens with zero attached hydrogens (tertiary/aromatic N) is 2. The Morgan fingerprint density at radius 3 is 2.58 bits per heavy atom. The molecule has 7 heteroatoms. The lowest BCUT2D eigenvalue weighted by Crippen LogP contribution is -2.33. The number of hydrogen-bond donors (Lipinski definition) is 1. The Kier molecular flexibility index (Phi) is 5.15. The third-order valence-electron chi connectivity index (χ3n) is 4.61. The second-order valence-corrected chi connectivity index (χ2v) is 6.57. The highest BCUT2D eigenvalue weighted by Gasteiger charge is 2.33. The van der Waals surface area contributed by atoms with Gasteiger partial charge in [-0.3, -0.25) is 9.78 Å². The van der Waals surface area contributed by atoms with Crippen LogP contribution in [-0.4, -0.2) is 24.0 Å². The number of carbonyl (C=O) groups is 1. The molecule has 0 aliphatic carbocycles. The van der Waals surface area contributed by atoms with Crippen LogP contribution in [0.4, 0.5) is 24.5 Å². The molecule has 1 aromatic carbocycles. The fourth-order valence-corrected chi connectivity index (χ4v) is 3.03. The number of halogens is 3. The van der Waals surface area contributed by atoms with Crippen LogP contribution in [0.2, 0.25) is 0 Å². The summed E-state index contributed by atoms with van der Waals surface area (Å²) in [6.45, 7) is 3.99. The summed E-state index contributed by atoms with van der Waals surface area (Å²) in [7, 11) is 0. The van der Waals surface area contributed by atoms with Crippen molar-refractivity contribution in [2.24, 2.45) is 5.92 Å². The van der Waals surface area contributed by atoms with Crippen LogP contribution in [0, 0.1) is 5.92 Å². The minimum atomic E-state index is -4.54. The summed E-state index contributed by atoms with van der Waals surface area (Å²) in [5, 5.41) is 2.33. The summed E-state index contributed by atoms with van der Waals surface area (Å²) in [4.78, 5) is 18.6. The van der Waals surface area contributed by atoms with Gasteiger partial charge in [0.2, 0.25) is 0 Å². The highest BCUT2D eigenvalue weighted by atomic mass is 19.4. The number of pyridine rings is 1. The molecular formula is C19H20F3N3O. The van der Waals surface area contributed by atoms with E-state index in [4.69, 9.17) is 0 Å². The van der Waals surface area contributed by atoms with Gasteiger partial charge in [-0.15, -0.1) is 0 Å². The van der Waals surface area contributed by atoms with E-state index in [1.54, 1.807) is 6.07 Å². The van der Waals surface area contributed by atoms with Crippen LogP contribution in [0.1, 0.15) is 35.8 Å². The van der Waals surface area contributed by atoms with E-state index in [-0.39, 0.29) is 11.4 Å². The van der Waals surface area contributed by atoms with Gasteiger partial charge in [0.15, 0.2) is 0 Å². The predicted molar refractivity (Wildman–Crippen MR) is 94.2 cm³/mol. The molecule has 4 nitrogen and oxygen atoms in total. The van der Waals surface area contributed by atoms with Crippen molar-refractivity contribution in [2.75, 3.05) is 23.3 Å². The number of hydrogen-bond acceptors (Lipinski definition) is 3. The number of benzene rings is 1. The first-order valence-electron chi connectivity index (χ1n) is 8.53. The van der Waals surface area contributed by atoms with E-state index in [9.17, 15) is 18.0 Å². The molecule has 2 aromatic rings. The average molecular weight is 363 g/mol. The van der Waals surface area contributed by atoms with E-state index in [1.165, 1.54) is 24.4 Å². The molecule has 0 unspecified atom stereocenters. The zero-order valence-electron chi connectivity index (χ0n) is 14.4. The zero-order valence-corrected chi connectivity index (χ0v) is 14.4. The molecule has 1 amide bonds. The fraction of sp³-hybridized carbons (Fsp3) is 0.368. The molecule has 1 N–H and O–H groups in total. The lowest BCUT2D eigenvalue weighted by molar-refractivity contribution is -0.136. The third kappa shape index (κ3) is 4.15. The van der Waals surface area contributed by atoms with Gasteiger partial charge in [-0.1, -0.05) is 19.1 Å². The molecular weight excluding hydrogens is 343 g/mol. The van der Waals surface area contributed by atoms with E-state index in [2.05, 4.69) is 22.1 Å². The van der Waals surface area contributed by atoms with Crippen LogP contribution in [0.5, 0.6) is 0 Å². The molecule has 0 atom stereocenters. The van der Waals surface area contributed by atoms with Crippen molar-refractivity contribution in [3.05, 3.63) is 53.9 Å². The zero-order chi connectivity index (χ0) is 18.7. The van der Waals surface area contributed by atoms with Gasteiger partial charge >= 0.3 is 6.18 Å². The third-order valence-corrected chi connectivity index (χ3v) is 4.61. The minimum Gasteiger partial charge on any atom is -0.371 e. The maximum atomic E-state index is 13.1. The Bertz CT molecular complexity index is 784. The van der Waals surface area contributed by atoms with Crippen LogP contribution < -0.4 is 10.2 Å². The Hall–Kier alpha value is -2.57. The molecule has 0 radical (unpaired) electrons. The Morgan fingerprint density at radius 2 is 1.88 bits per heavy atom. The van der Waals surface area contributed by atoms with Crippen molar-refractivity contribution in [1.29, 1.82) is 0 Å². The second-order valence-electron chi connectivity index (χ2n) is 6.57. The summed E-state index contributed by atoms with van der Waals surface area (Å²) < 4.78 is 39.2. The molecule has 2 heterocycles. The first-order valence-corrected chi connectivity index (χ1v) is 8.53. The van der Waals surface area contributed by atoms with Crippen LogP contribution in [-0.2, 0) is 6.18 Å². The highest BCUT2D eigenvalue weighted by molar-refractivity contribution is 6.03. The van der Waals surface area contributed by atoms with Gasteiger partial charge in [0.05, 0.1) is 11.3 Å². The van der Waals surface area contributed by atoms with Crippen LogP contribution >= 0.6 is 0 Å². The molecule has 0 bridgehead atoms. The highest BCUT2D eigenvalue weighted by Crippen LogP contribution is 2.34. The van der Waals surface area contributed by atoms with Crippen molar-refractivity contribution in [3.63, 3.8) is 0 Å². The molecule has 3 rings (SSSR count). The van der Waals surface area contributed by atoms with Crippen molar-refractivity contribution >= 4 is 17.3 Å². The Morgan fingerprint density at radius 1 is 1.19 bits per heavy atom. The summed E-state index contributed by atoms with van der Waals surface area (Å²) in [5.41, 5.74) is -0.197. The average Bonchev–Trinajstić information content (AvgIpc) is 2.62. The number of anilines is 2. The van der Waals surface area contributed by atoms with Gasteiger partial charge in [-0.2, -0.15) is 13.2 Å². The number of nitrogens with one attached hydrogen (secondary N) is 1. The lowest BCUT2D eigenvalue weighted by Gasteiger charge is -2.32. The number of para-hydroxylation sites is 1. The minimum absolute atomic E-state index is 0.0955. The SMILES string of the molecule is CC1CCN(c2ccnc(C(=O)Nc3ccccc3C(F)(F)F)c2)CC1. The second kappa shape index (κ2) is 7.35. The molecule has 1 aliphatic rings. The number of amides is 1. The van der Waals surface area contributed by atoms with Gasteiger partial charge in [0, 0.05) is 25.0 Å². The molecule has 138 valence electrons. The summed E-state index contributed by atoms with van der Waals surface area (Å²) >= 11 is 0. The number of alkyl halides is 3. The van der Waals surface area contributed by atoms with Gasteiger partial charge < -0.3 is 10.2 Å². The maximum absolute atomic E-state index is 13.1. The maximum Gasteiger partial charge on any atom is 0.418 e. The largest absolute Gasteiger partial charge is 0.418 e. The molecule has 1 aliphatic heterocycles. The van der Waals surface area contributed by atoms with Gasteiger partial charge in [0.25, 0.3) is 5.91 Å². The van der Waals surface area contributed by atoms with Gasteiger partial charge in [-0.25, -0.2) is 0 Å². The van der Waals surface area contributed by atoms with Crippen LogP contribution in [0.15, 0.2) is 42.6 Å². The van der Waals surface area contributed by atoms with Crippen LogP contribution in [0.25, 0.3) is 0 Å². The first kappa shape index (κ1) is 18.2. The smallest absolute Gasteiger partial charge is 0.371 e. The van der Waals surface area contributed by atoms with Crippen LogP contribution in [0.3, 0.4) is 0 Å².